The fourth-order valence-corrected chi connectivity index (χ4v) is 4.76. The lowest BCUT2D eigenvalue weighted by Crippen LogP contribution is -2.53. The van der Waals surface area contributed by atoms with Crippen molar-refractivity contribution in [3.8, 4) is 0 Å². The first-order valence-corrected chi connectivity index (χ1v) is 9.28. The third-order valence-corrected chi connectivity index (χ3v) is 5.75. The fourth-order valence-electron chi connectivity index (χ4n) is 4.07. The van der Waals surface area contributed by atoms with Gasteiger partial charge in [-0.2, -0.15) is 0 Å². The molecule has 4 heteroatoms. The van der Waals surface area contributed by atoms with Gasteiger partial charge < -0.3 is 9.80 Å². The summed E-state index contributed by atoms with van der Waals surface area (Å²) in [6.07, 6.45) is 2.68. The Morgan fingerprint density at radius 3 is 2.00 bits per heavy atom. The minimum atomic E-state index is 0.811. The van der Waals surface area contributed by atoms with Gasteiger partial charge in [0.25, 0.3) is 0 Å². The lowest BCUT2D eigenvalue weighted by atomic mass is 10.0. The molecule has 0 spiro atoms. The van der Waals surface area contributed by atoms with Gasteiger partial charge in [0.2, 0.25) is 0 Å². The van der Waals surface area contributed by atoms with Gasteiger partial charge in [-0.1, -0.05) is 15.9 Å². The van der Waals surface area contributed by atoms with E-state index in [4.69, 9.17) is 0 Å². The van der Waals surface area contributed by atoms with E-state index in [1.165, 1.54) is 60.3 Å². The van der Waals surface area contributed by atoms with Crippen molar-refractivity contribution in [1.82, 2.24) is 9.80 Å². The smallest absolute Gasteiger partial charge is 0.0427 e. The minimum absolute atomic E-state index is 0.811. The molecule has 2 fully saturated rings. The molecule has 2 aliphatic heterocycles. The van der Waals surface area contributed by atoms with Crippen molar-refractivity contribution in [2.75, 3.05) is 51.2 Å². The highest BCUT2D eigenvalue weighted by atomic mass is 79.9. The number of piperidine rings is 1. The number of anilines is 1. The van der Waals surface area contributed by atoms with E-state index in [9.17, 15) is 0 Å². The molecule has 2 heterocycles. The summed E-state index contributed by atoms with van der Waals surface area (Å²) < 4.78 is 1.19. The van der Waals surface area contributed by atoms with Crippen LogP contribution in [0.25, 0.3) is 0 Å². The summed E-state index contributed by atoms with van der Waals surface area (Å²) >= 11 is 3.61. The third-order valence-electron chi connectivity index (χ3n) is 5.29. The Morgan fingerprint density at radius 2 is 1.45 bits per heavy atom. The molecule has 3 rings (SSSR count). The van der Waals surface area contributed by atoms with Gasteiger partial charge >= 0.3 is 0 Å². The summed E-state index contributed by atoms with van der Waals surface area (Å²) in [5.74, 6) is 0. The lowest BCUT2D eigenvalue weighted by molar-refractivity contribution is 0.115. The maximum Gasteiger partial charge on any atom is 0.0427 e. The van der Waals surface area contributed by atoms with E-state index in [-0.39, 0.29) is 0 Å². The zero-order valence-corrected chi connectivity index (χ0v) is 15.7. The van der Waals surface area contributed by atoms with Crippen LogP contribution in [0.2, 0.25) is 0 Å². The van der Waals surface area contributed by atoms with Crippen LogP contribution in [-0.2, 0) is 0 Å². The standard InChI is InChI=1S/C18H28BrN3/c1-14-12-16(19)13-15(2)18(14)22-10-8-21(9-11-22)17-4-6-20(3)7-5-17/h12-13,17H,4-11H2,1-3H3. The van der Waals surface area contributed by atoms with E-state index in [0.717, 1.165) is 19.1 Å². The maximum atomic E-state index is 3.61. The van der Waals surface area contributed by atoms with Crippen molar-refractivity contribution >= 4 is 21.6 Å². The highest BCUT2D eigenvalue weighted by Gasteiger charge is 2.27. The molecule has 122 valence electrons. The molecule has 22 heavy (non-hydrogen) atoms. The molecule has 0 bridgehead atoms. The summed E-state index contributed by atoms with van der Waals surface area (Å²) in [4.78, 5) is 7.77. The molecule has 0 N–H and O–H groups in total. The second kappa shape index (κ2) is 6.90. The Hall–Kier alpha value is -0.580. The van der Waals surface area contributed by atoms with Crippen molar-refractivity contribution in [3.05, 3.63) is 27.7 Å². The van der Waals surface area contributed by atoms with Crippen LogP contribution in [0.1, 0.15) is 24.0 Å². The first-order chi connectivity index (χ1) is 10.5. The third kappa shape index (κ3) is 3.50. The summed E-state index contributed by atoms with van der Waals surface area (Å²) in [5, 5.41) is 0. The van der Waals surface area contributed by atoms with Gasteiger partial charge in [-0.05, 0) is 70.1 Å². The molecular weight excluding hydrogens is 338 g/mol. The monoisotopic (exact) mass is 365 g/mol. The molecular formula is C18H28BrN3. The fraction of sp³-hybridized carbons (Fsp3) is 0.667. The molecule has 0 atom stereocenters. The van der Waals surface area contributed by atoms with Gasteiger partial charge in [0.05, 0.1) is 0 Å². The van der Waals surface area contributed by atoms with Crippen molar-refractivity contribution in [1.29, 1.82) is 0 Å². The highest BCUT2D eigenvalue weighted by molar-refractivity contribution is 9.10. The number of rotatable bonds is 2. The van der Waals surface area contributed by atoms with Crippen LogP contribution in [0, 0.1) is 13.8 Å². The average molecular weight is 366 g/mol. The highest BCUT2D eigenvalue weighted by Crippen LogP contribution is 2.30. The number of aryl methyl sites for hydroxylation is 2. The lowest BCUT2D eigenvalue weighted by Gasteiger charge is -2.43. The summed E-state index contributed by atoms with van der Waals surface area (Å²) in [5.41, 5.74) is 4.23. The van der Waals surface area contributed by atoms with Gasteiger partial charge in [-0.25, -0.2) is 0 Å². The van der Waals surface area contributed by atoms with Gasteiger partial charge in [0, 0.05) is 42.4 Å². The number of nitrogens with zero attached hydrogens (tertiary/aromatic N) is 3. The predicted molar refractivity (Wildman–Crippen MR) is 97.9 cm³/mol. The number of halogens is 1. The molecule has 0 aliphatic carbocycles. The predicted octanol–water partition coefficient (Wildman–Crippen LogP) is 3.28. The second-order valence-corrected chi connectivity index (χ2v) is 7.86. The minimum Gasteiger partial charge on any atom is -0.369 e. The summed E-state index contributed by atoms with van der Waals surface area (Å²) in [7, 11) is 2.24. The largest absolute Gasteiger partial charge is 0.369 e. The Balaban J connectivity index is 1.62. The maximum absolute atomic E-state index is 3.61. The Kier molecular flexibility index (Phi) is 5.10. The van der Waals surface area contributed by atoms with Gasteiger partial charge in [-0.15, -0.1) is 0 Å². The van der Waals surface area contributed by atoms with Crippen molar-refractivity contribution in [3.63, 3.8) is 0 Å². The number of hydrogen-bond acceptors (Lipinski definition) is 3. The zero-order chi connectivity index (χ0) is 15.7. The number of hydrogen-bond donors (Lipinski definition) is 0. The SMILES string of the molecule is Cc1cc(Br)cc(C)c1N1CCN(C2CCN(C)CC2)CC1. The van der Waals surface area contributed by atoms with E-state index in [0.29, 0.717) is 0 Å². The van der Waals surface area contributed by atoms with Crippen LogP contribution < -0.4 is 4.90 Å². The van der Waals surface area contributed by atoms with E-state index < -0.39 is 0 Å². The van der Waals surface area contributed by atoms with Gasteiger partial charge in [-0.3, -0.25) is 4.90 Å². The normalized spacial score (nSPS) is 22.3. The topological polar surface area (TPSA) is 9.72 Å². The summed E-state index contributed by atoms with van der Waals surface area (Å²) in [6, 6.07) is 5.29. The van der Waals surface area contributed by atoms with Gasteiger partial charge in [0.15, 0.2) is 0 Å². The molecule has 1 aromatic carbocycles. The Labute approximate surface area is 143 Å². The van der Waals surface area contributed by atoms with E-state index in [1.54, 1.807) is 0 Å². The van der Waals surface area contributed by atoms with Crippen LogP contribution in [0.3, 0.4) is 0 Å². The van der Waals surface area contributed by atoms with Gasteiger partial charge in [0.1, 0.15) is 0 Å². The van der Waals surface area contributed by atoms with Crippen molar-refractivity contribution in [2.45, 2.75) is 32.7 Å². The van der Waals surface area contributed by atoms with E-state index in [2.05, 4.69) is 63.7 Å². The molecule has 0 radical (unpaired) electrons. The first-order valence-electron chi connectivity index (χ1n) is 8.49. The second-order valence-electron chi connectivity index (χ2n) is 6.95. The molecule has 0 amide bonds. The van der Waals surface area contributed by atoms with Crippen molar-refractivity contribution in [2.24, 2.45) is 0 Å². The van der Waals surface area contributed by atoms with Crippen LogP contribution in [-0.4, -0.2) is 62.2 Å². The van der Waals surface area contributed by atoms with Crippen LogP contribution in [0.4, 0.5) is 5.69 Å². The van der Waals surface area contributed by atoms with Crippen LogP contribution in [0.5, 0.6) is 0 Å². The Bertz CT molecular complexity index is 492. The number of piperazine rings is 1. The van der Waals surface area contributed by atoms with Crippen LogP contribution >= 0.6 is 15.9 Å². The average Bonchev–Trinajstić information content (AvgIpc) is 2.48. The molecule has 1 aromatic rings. The zero-order valence-electron chi connectivity index (χ0n) is 14.1. The molecule has 2 aliphatic rings. The summed E-state index contributed by atoms with van der Waals surface area (Å²) in [6.45, 7) is 11.7. The quantitative estimate of drug-likeness (QED) is 0.795. The first kappa shape index (κ1) is 16.3. The van der Waals surface area contributed by atoms with Crippen molar-refractivity contribution < 1.29 is 0 Å². The molecule has 0 saturated carbocycles. The number of benzene rings is 1. The molecule has 3 nitrogen and oxygen atoms in total. The molecule has 0 unspecified atom stereocenters. The Morgan fingerprint density at radius 1 is 0.909 bits per heavy atom. The number of likely N-dealkylation sites (tertiary alicyclic amines) is 1. The van der Waals surface area contributed by atoms with Crippen LogP contribution in [0.15, 0.2) is 16.6 Å². The molecule has 2 saturated heterocycles. The molecule has 0 aromatic heterocycles. The van der Waals surface area contributed by atoms with E-state index >= 15 is 0 Å². The van der Waals surface area contributed by atoms with E-state index in [1.807, 2.05) is 0 Å².